The Bertz CT molecular complexity index is 674. The molecule has 0 radical (unpaired) electrons. The Hall–Kier alpha value is -2.34. The molecule has 0 atom stereocenters. The molecule has 0 saturated carbocycles. The molecule has 2 heterocycles. The molecule has 19 heavy (non-hydrogen) atoms. The normalized spacial score (nSPS) is 10.6. The first-order valence-electron chi connectivity index (χ1n) is 5.58. The summed E-state index contributed by atoms with van der Waals surface area (Å²) in [4.78, 5) is 4.94. The van der Waals surface area contributed by atoms with Gasteiger partial charge in [-0.15, -0.1) is 11.3 Å². The third kappa shape index (κ3) is 2.06. The van der Waals surface area contributed by atoms with Crippen LogP contribution in [0.3, 0.4) is 0 Å². The van der Waals surface area contributed by atoms with Gasteiger partial charge in [-0.3, -0.25) is 4.98 Å². The predicted molar refractivity (Wildman–Crippen MR) is 74.0 cm³/mol. The number of nitrogen functional groups attached to an aromatic ring is 1. The third-order valence-corrected chi connectivity index (χ3v) is 3.53. The molecule has 3 aromatic rings. The van der Waals surface area contributed by atoms with Gasteiger partial charge in [0.25, 0.3) is 0 Å². The zero-order chi connectivity index (χ0) is 13.2. The Balaban J connectivity index is 2.11. The molecule has 3 rings (SSSR count). The highest BCUT2D eigenvalue weighted by atomic mass is 32.1. The second kappa shape index (κ2) is 4.74. The van der Waals surface area contributed by atoms with Crippen LogP contribution in [-0.4, -0.2) is 17.3 Å². The van der Waals surface area contributed by atoms with E-state index in [1.165, 1.54) is 11.3 Å². The van der Waals surface area contributed by atoms with E-state index in [0.29, 0.717) is 11.6 Å². The number of thiazole rings is 1. The minimum atomic E-state index is 0.369. The highest BCUT2D eigenvalue weighted by Crippen LogP contribution is 2.38. The minimum Gasteiger partial charge on any atom is -0.497 e. The summed E-state index contributed by atoms with van der Waals surface area (Å²) in [5.74, 6) is 1.80. The molecule has 0 unspecified atom stereocenters. The van der Waals surface area contributed by atoms with E-state index in [9.17, 15) is 0 Å². The summed E-state index contributed by atoms with van der Waals surface area (Å²) in [6, 6.07) is 7.59. The summed E-state index contributed by atoms with van der Waals surface area (Å²) < 4.78 is 10.5. The van der Waals surface area contributed by atoms with Gasteiger partial charge in [0, 0.05) is 6.20 Å². The van der Waals surface area contributed by atoms with Gasteiger partial charge in [-0.2, -0.15) is 0 Å². The summed E-state index contributed by atoms with van der Waals surface area (Å²) in [5.41, 5.74) is 9.36. The van der Waals surface area contributed by atoms with E-state index in [0.717, 1.165) is 21.8 Å². The number of hydrogen-bond acceptors (Lipinski definition) is 6. The van der Waals surface area contributed by atoms with E-state index in [1.807, 2.05) is 24.3 Å². The van der Waals surface area contributed by atoms with Gasteiger partial charge in [0.05, 0.1) is 23.1 Å². The van der Waals surface area contributed by atoms with Crippen LogP contribution in [0.25, 0.3) is 21.8 Å². The fourth-order valence-electron chi connectivity index (χ4n) is 1.84. The Morgan fingerprint density at radius 1 is 1.26 bits per heavy atom. The first-order chi connectivity index (χ1) is 9.29. The fraction of sp³-hybridized carbons (Fsp3) is 0.0769. The number of anilines is 1. The lowest BCUT2D eigenvalue weighted by atomic mass is 10.1. The average molecular weight is 273 g/mol. The van der Waals surface area contributed by atoms with E-state index in [1.54, 1.807) is 18.8 Å². The van der Waals surface area contributed by atoms with Crippen LogP contribution in [0.1, 0.15) is 0 Å². The SMILES string of the molecule is COc1ccc(-c2c(N)noc2-c2cncs2)cc1. The maximum Gasteiger partial charge on any atom is 0.188 e. The Kier molecular flexibility index (Phi) is 2.92. The van der Waals surface area contributed by atoms with Crippen LogP contribution in [0.2, 0.25) is 0 Å². The molecule has 0 aliphatic heterocycles. The maximum atomic E-state index is 5.90. The molecule has 0 aliphatic rings. The maximum absolute atomic E-state index is 5.90. The quantitative estimate of drug-likeness (QED) is 0.793. The summed E-state index contributed by atoms with van der Waals surface area (Å²) in [5, 5.41) is 3.84. The molecule has 1 aromatic carbocycles. The topological polar surface area (TPSA) is 74.2 Å². The van der Waals surface area contributed by atoms with Crippen LogP contribution < -0.4 is 10.5 Å². The van der Waals surface area contributed by atoms with Crippen molar-refractivity contribution in [2.45, 2.75) is 0 Å². The van der Waals surface area contributed by atoms with Gasteiger partial charge < -0.3 is 15.0 Å². The van der Waals surface area contributed by atoms with Crippen LogP contribution >= 0.6 is 11.3 Å². The first-order valence-corrected chi connectivity index (χ1v) is 6.46. The lowest BCUT2D eigenvalue weighted by molar-refractivity contribution is 0.415. The molecule has 0 fully saturated rings. The zero-order valence-corrected chi connectivity index (χ0v) is 11.0. The molecule has 5 nitrogen and oxygen atoms in total. The molecular formula is C13H11N3O2S. The molecule has 96 valence electrons. The lowest BCUT2D eigenvalue weighted by Crippen LogP contribution is -1.89. The number of aromatic nitrogens is 2. The highest BCUT2D eigenvalue weighted by Gasteiger charge is 2.18. The molecule has 0 amide bonds. The summed E-state index contributed by atoms with van der Waals surface area (Å²) in [6.07, 6.45) is 1.73. The average Bonchev–Trinajstić information content (AvgIpc) is 3.08. The van der Waals surface area contributed by atoms with Gasteiger partial charge in [0.15, 0.2) is 11.6 Å². The van der Waals surface area contributed by atoms with Crippen molar-refractivity contribution < 1.29 is 9.26 Å². The Morgan fingerprint density at radius 2 is 2.05 bits per heavy atom. The standard InChI is InChI=1S/C13H11N3O2S/c1-17-9-4-2-8(3-5-9)11-12(18-16-13(11)14)10-6-15-7-19-10/h2-7H,1H3,(H2,14,16). The molecule has 6 heteroatoms. The summed E-state index contributed by atoms with van der Waals surface area (Å²) in [7, 11) is 1.63. The molecule has 2 aromatic heterocycles. The molecule has 0 bridgehead atoms. The van der Waals surface area contributed by atoms with Crippen molar-refractivity contribution in [2.24, 2.45) is 0 Å². The van der Waals surface area contributed by atoms with E-state index in [-0.39, 0.29) is 0 Å². The Labute approximate surface area is 113 Å². The number of ether oxygens (including phenoxy) is 1. The van der Waals surface area contributed by atoms with E-state index >= 15 is 0 Å². The number of methoxy groups -OCH3 is 1. The number of hydrogen-bond donors (Lipinski definition) is 1. The van der Waals surface area contributed by atoms with Gasteiger partial charge in [-0.25, -0.2) is 0 Å². The van der Waals surface area contributed by atoms with Crippen molar-refractivity contribution in [1.29, 1.82) is 0 Å². The van der Waals surface area contributed by atoms with Gasteiger partial charge in [-0.05, 0) is 17.7 Å². The van der Waals surface area contributed by atoms with Crippen molar-refractivity contribution in [3.63, 3.8) is 0 Å². The summed E-state index contributed by atoms with van der Waals surface area (Å²) in [6.45, 7) is 0. The van der Waals surface area contributed by atoms with Gasteiger partial charge in [-0.1, -0.05) is 17.3 Å². The molecule has 0 saturated heterocycles. The van der Waals surface area contributed by atoms with Crippen molar-refractivity contribution in [2.75, 3.05) is 12.8 Å². The second-order valence-corrected chi connectivity index (χ2v) is 4.75. The number of nitrogens with zero attached hydrogens (tertiary/aromatic N) is 2. The molecular weight excluding hydrogens is 262 g/mol. The number of rotatable bonds is 3. The molecule has 0 spiro atoms. The van der Waals surface area contributed by atoms with Gasteiger partial charge in [0.1, 0.15) is 5.75 Å². The van der Waals surface area contributed by atoms with Crippen molar-refractivity contribution in [1.82, 2.24) is 10.1 Å². The zero-order valence-electron chi connectivity index (χ0n) is 10.2. The van der Waals surface area contributed by atoms with Crippen LogP contribution in [0.5, 0.6) is 5.75 Å². The van der Waals surface area contributed by atoms with Crippen LogP contribution in [0.15, 0.2) is 40.5 Å². The van der Waals surface area contributed by atoms with E-state index < -0.39 is 0 Å². The van der Waals surface area contributed by atoms with Crippen LogP contribution in [0.4, 0.5) is 5.82 Å². The van der Waals surface area contributed by atoms with Crippen molar-refractivity contribution in [3.8, 4) is 27.5 Å². The fourth-order valence-corrected chi connectivity index (χ4v) is 2.44. The van der Waals surface area contributed by atoms with Crippen LogP contribution in [-0.2, 0) is 0 Å². The predicted octanol–water partition coefficient (Wildman–Crippen LogP) is 3.06. The van der Waals surface area contributed by atoms with Gasteiger partial charge in [0.2, 0.25) is 0 Å². The van der Waals surface area contributed by atoms with Crippen LogP contribution in [0, 0.1) is 0 Å². The highest BCUT2D eigenvalue weighted by molar-refractivity contribution is 7.13. The minimum absolute atomic E-state index is 0.369. The van der Waals surface area contributed by atoms with Gasteiger partial charge >= 0.3 is 0 Å². The Morgan fingerprint density at radius 3 is 2.68 bits per heavy atom. The number of nitrogens with two attached hydrogens (primary N) is 1. The van der Waals surface area contributed by atoms with Crippen molar-refractivity contribution >= 4 is 17.2 Å². The lowest BCUT2D eigenvalue weighted by Gasteiger charge is -2.03. The second-order valence-electron chi connectivity index (χ2n) is 3.87. The largest absolute Gasteiger partial charge is 0.497 e. The molecule has 0 aliphatic carbocycles. The third-order valence-electron chi connectivity index (χ3n) is 2.75. The monoisotopic (exact) mass is 273 g/mol. The first kappa shape index (κ1) is 11.7. The van der Waals surface area contributed by atoms with E-state index in [2.05, 4.69) is 10.1 Å². The van der Waals surface area contributed by atoms with Crippen molar-refractivity contribution in [3.05, 3.63) is 36.0 Å². The summed E-state index contributed by atoms with van der Waals surface area (Å²) >= 11 is 1.48. The molecule has 2 N–H and O–H groups in total. The number of benzene rings is 1. The smallest absolute Gasteiger partial charge is 0.188 e. The van der Waals surface area contributed by atoms with E-state index in [4.69, 9.17) is 15.0 Å².